The van der Waals surface area contributed by atoms with Gasteiger partial charge in [-0.05, 0) is 20.8 Å². The van der Waals surface area contributed by atoms with E-state index in [1.165, 1.54) is 0 Å². The van der Waals surface area contributed by atoms with Crippen molar-refractivity contribution in [1.29, 1.82) is 0 Å². The SMILES string of the molecule is COCCONC(=O)NC(C)(C)C. The maximum atomic E-state index is 11.0. The van der Waals surface area contributed by atoms with Gasteiger partial charge in [0, 0.05) is 12.6 Å². The summed E-state index contributed by atoms with van der Waals surface area (Å²) in [4.78, 5) is 15.8. The standard InChI is InChI=1S/C8H18N2O3/c1-8(2,3)9-7(11)10-13-6-5-12-4/h5-6H2,1-4H3,(H2,9,10,11). The smallest absolute Gasteiger partial charge is 0.339 e. The fourth-order valence-corrected chi connectivity index (χ4v) is 0.608. The summed E-state index contributed by atoms with van der Waals surface area (Å²) >= 11 is 0. The molecule has 0 unspecified atom stereocenters. The van der Waals surface area contributed by atoms with E-state index in [1.54, 1.807) is 7.11 Å². The Morgan fingerprint density at radius 2 is 1.92 bits per heavy atom. The maximum absolute atomic E-state index is 11.0. The van der Waals surface area contributed by atoms with Crippen LogP contribution in [-0.4, -0.2) is 31.9 Å². The van der Waals surface area contributed by atoms with Crippen LogP contribution in [0.4, 0.5) is 4.79 Å². The highest BCUT2D eigenvalue weighted by Gasteiger charge is 2.12. The van der Waals surface area contributed by atoms with Gasteiger partial charge < -0.3 is 10.1 Å². The molecule has 0 saturated carbocycles. The van der Waals surface area contributed by atoms with Crippen molar-refractivity contribution in [1.82, 2.24) is 10.8 Å². The number of amides is 2. The average molecular weight is 190 g/mol. The van der Waals surface area contributed by atoms with Gasteiger partial charge in [-0.25, -0.2) is 10.3 Å². The molecule has 0 fully saturated rings. The van der Waals surface area contributed by atoms with Crippen LogP contribution in [-0.2, 0) is 9.57 Å². The zero-order valence-electron chi connectivity index (χ0n) is 8.64. The van der Waals surface area contributed by atoms with E-state index in [0.717, 1.165) is 0 Å². The fourth-order valence-electron chi connectivity index (χ4n) is 0.608. The summed E-state index contributed by atoms with van der Waals surface area (Å²) in [5.41, 5.74) is 1.99. The van der Waals surface area contributed by atoms with Crippen LogP contribution in [0.25, 0.3) is 0 Å². The van der Waals surface area contributed by atoms with E-state index in [0.29, 0.717) is 13.2 Å². The van der Waals surface area contributed by atoms with E-state index in [-0.39, 0.29) is 11.6 Å². The Balaban J connectivity index is 3.41. The molecule has 0 saturated heterocycles. The molecule has 0 aliphatic heterocycles. The fraction of sp³-hybridized carbons (Fsp3) is 0.875. The van der Waals surface area contributed by atoms with Crippen LogP contribution in [0.3, 0.4) is 0 Å². The predicted molar refractivity (Wildman–Crippen MR) is 49.2 cm³/mol. The van der Waals surface area contributed by atoms with Gasteiger partial charge in [-0.2, -0.15) is 0 Å². The summed E-state index contributed by atoms with van der Waals surface area (Å²) in [6, 6.07) is -0.344. The summed E-state index contributed by atoms with van der Waals surface area (Å²) in [6.45, 7) is 6.47. The molecule has 2 N–H and O–H groups in total. The van der Waals surface area contributed by atoms with E-state index < -0.39 is 0 Å². The number of nitrogens with one attached hydrogen (secondary N) is 2. The summed E-state index contributed by atoms with van der Waals surface area (Å²) in [5, 5.41) is 2.68. The van der Waals surface area contributed by atoms with Crippen LogP contribution < -0.4 is 10.8 Å². The van der Waals surface area contributed by atoms with Gasteiger partial charge in [0.05, 0.1) is 13.2 Å². The lowest BCUT2D eigenvalue weighted by Crippen LogP contribution is -2.46. The van der Waals surface area contributed by atoms with Crippen molar-refractivity contribution in [3.8, 4) is 0 Å². The quantitative estimate of drug-likeness (QED) is 0.506. The molecule has 0 spiro atoms. The Morgan fingerprint density at radius 1 is 1.31 bits per heavy atom. The van der Waals surface area contributed by atoms with Gasteiger partial charge in [0.15, 0.2) is 0 Å². The Bertz CT molecular complexity index is 154. The molecule has 5 nitrogen and oxygen atoms in total. The second-order valence-corrected chi connectivity index (χ2v) is 3.65. The zero-order valence-corrected chi connectivity index (χ0v) is 8.64. The van der Waals surface area contributed by atoms with E-state index in [4.69, 9.17) is 9.57 Å². The van der Waals surface area contributed by atoms with Crippen molar-refractivity contribution in [3.63, 3.8) is 0 Å². The molecule has 0 aromatic heterocycles. The highest BCUT2D eigenvalue weighted by Crippen LogP contribution is 1.96. The van der Waals surface area contributed by atoms with E-state index in [2.05, 4.69) is 10.8 Å². The van der Waals surface area contributed by atoms with Gasteiger partial charge in [0.2, 0.25) is 0 Å². The summed E-state index contributed by atoms with van der Waals surface area (Å²) in [5.74, 6) is 0. The Labute approximate surface area is 78.7 Å². The number of hydrogen-bond donors (Lipinski definition) is 2. The number of rotatable bonds is 4. The molecule has 0 aliphatic rings. The van der Waals surface area contributed by atoms with Crippen molar-refractivity contribution in [3.05, 3.63) is 0 Å². The molecule has 13 heavy (non-hydrogen) atoms. The summed E-state index contributed by atoms with van der Waals surface area (Å²) < 4.78 is 4.73. The van der Waals surface area contributed by atoms with Gasteiger partial charge in [-0.15, -0.1) is 0 Å². The molecule has 0 bridgehead atoms. The lowest BCUT2D eigenvalue weighted by molar-refractivity contribution is 0.0230. The Morgan fingerprint density at radius 3 is 2.38 bits per heavy atom. The molecule has 2 amide bonds. The van der Waals surface area contributed by atoms with Gasteiger partial charge in [-0.1, -0.05) is 0 Å². The second kappa shape index (κ2) is 5.77. The van der Waals surface area contributed by atoms with Crippen LogP contribution in [0, 0.1) is 0 Å². The lowest BCUT2D eigenvalue weighted by atomic mass is 10.1. The molecular formula is C8H18N2O3. The van der Waals surface area contributed by atoms with Crippen LogP contribution in [0.2, 0.25) is 0 Å². The first-order chi connectivity index (χ1) is 5.95. The van der Waals surface area contributed by atoms with Crippen LogP contribution in [0.15, 0.2) is 0 Å². The number of methoxy groups -OCH3 is 1. The lowest BCUT2D eigenvalue weighted by Gasteiger charge is -2.20. The Kier molecular flexibility index (Phi) is 5.41. The third kappa shape index (κ3) is 9.10. The van der Waals surface area contributed by atoms with Crippen molar-refractivity contribution < 1.29 is 14.4 Å². The minimum absolute atomic E-state index is 0.255. The normalized spacial score (nSPS) is 11.1. The van der Waals surface area contributed by atoms with Crippen molar-refractivity contribution >= 4 is 6.03 Å². The highest BCUT2D eigenvalue weighted by molar-refractivity contribution is 5.73. The molecule has 78 valence electrons. The first-order valence-electron chi connectivity index (χ1n) is 4.14. The number of hydrogen-bond acceptors (Lipinski definition) is 3. The second-order valence-electron chi connectivity index (χ2n) is 3.65. The molecule has 0 radical (unpaired) electrons. The van der Waals surface area contributed by atoms with Gasteiger partial charge in [0.25, 0.3) is 0 Å². The molecule has 0 atom stereocenters. The molecule has 0 aromatic rings. The van der Waals surface area contributed by atoms with Crippen LogP contribution >= 0.6 is 0 Å². The molecule has 0 heterocycles. The van der Waals surface area contributed by atoms with Crippen LogP contribution in [0.1, 0.15) is 20.8 Å². The monoisotopic (exact) mass is 190 g/mol. The number of carbonyl (C=O) groups excluding carboxylic acids is 1. The maximum Gasteiger partial charge on any atom is 0.339 e. The van der Waals surface area contributed by atoms with Crippen molar-refractivity contribution in [2.75, 3.05) is 20.3 Å². The van der Waals surface area contributed by atoms with Crippen molar-refractivity contribution in [2.45, 2.75) is 26.3 Å². The highest BCUT2D eigenvalue weighted by atomic mass is 16.7. The number of hydroxylamine groups is 1. The zero-order chi connectivity index (χ0) is 10.3. The molecule has 5 heteroatoms. The molecular weight excluding hydrogens is 172 g/mol. The largest absolute Gasteiger partial charge is 0.382 e. The predicted octanol–water partition coefficient (Wildman–Crippen LogP) is 0.662. The number of urea groups is 1. The minimum atomic E-state index is -0.344. The van der Waals surface area contributed by atoms with Crippen molar-refractivity contribution in [2.24, 2.45) is 0 Å². The average Bonchev–Trinajstić information content (AvgIpc) is 1.94. The van der Waals surface area contributed by atoms with Crippen LogP contribution in [0.5, 0.6) is 0 Å². The molecule has 0 rings (SSSR count). The van der Waals surface area contributed by atoms with Gasteiger partial charge in [0.1, 0.15) is 0 Å². The summed E-state index contributed by atoms with van der Waals surface area (Å²) in [7, 11) is 1.57. The number of ether oxygens (including phenoxy) is 1. The summed E-state index contributed by atoms with van der Waals surface area (Å²) in [6.07, 6.45) is 0. The minimum Gasteiger partial charge on any atom is -0.382 e. The van der Waals surface area contributed by atoms with Gasteiger partial charge in [-0.3, -0.25) is 4.84 Å². The molecule has 0 aromatic carbocycles. The van der Waals surface area contributed by atoms with E-state index in [9.17, 15) is 4.79 Å². The van der Waals surface area contributed by atoms with E-state index >= 15 is 0 Å². The Hall–Kier alpha value is -0.810. The third-order valence-electron chi connectivity index (χ3n) is 1.04. The third-order valence-corrected chi connectivity index (χ3v) is 1.04. The first kappa shape index (κ1) is 12.2. The first-order valence-corrected chi connectivity index (χ1v) is 4.14. The van der Waals surface area contributed by atoms with E-state index in [1.807, 2.05) is 20.8 Å². The molecule has 0 aliphatic carbocycles. The number of carbonyl (C=O) groups is 1. The topological polar surface area (TPSA) is 59.6 Å². The van der Waals surface area contributed by atoms with Gasteiger partial charge >= 0.3 is 6.03 Å².